The van der Waals surface area contributed by atoms with Crippen LogP contribution in [0.1, 0.15) is 0 Å². The molecule has 0 saturated carbocycles. The zero-order valence-electron chi connectivity index (χ0n) is 41.6. The van der Waals surface area contributed by atoms with Gasteiger partial charge < -0.3 is 4.42 Å². The van der Waals surface area contributed by atoms with E-state index in [0.717, 1.165) is 116 Å². The molecule has 0 amide bonds. The maximum atomic E-state index is 7.25. The van der Waals surface area contributed by atoms with Crippen LogP contribution in [0.15, 0.2) is 272 Å². The molecule has 5 nitrogen and oxygen atoms in total. The molecule has 5 heteroatoms. The Labute approximate surface area is 444 Å². The number of para-hydroxylation sites is 1. The van der Waals surface area contributed by atoms with Crippen molar-refractivity contribution in [2.75, 3.05) is 0 Å². The molecule has 0 saturated heterocycles. The van der Waals surface area contributed by atoms with Crippen molar-refractivity contribution in [2.24, 2.45) is 0 Å². The summed E-state index contributed by atoms with van der Waals surface area (Å²) in [6, 6.07) is 79.0. The molecule has 5 aromatic heterocycles. The molecule has 15 aromatic rings. The van der Waals surface area contributed by atoms with Crippen molar-refractivity contribution < 1.29 is 4.42 Å². The molecule has 0 aliphatic heterocycles. The molecule has 15 rings (SSSR count). The smallest absolute Gasteiger partial charge is 0.143 e. The van der Waals surface area contributed by atoms with Gasteiger partial charge in [-0.25, -0.2) is 0 Å². The van der Waals surface area contributed by atoms with E-state index in [0.29, 0.717) is 0 Å². The molecule has 0 aliphatic rings. The first-order valence-electron chi connectivity index (χ1n) is 26.0. The van der Waals surface area contributed by atoms with Gasteiger partial charge in [-0.1, -0.05) is 146 Å². The van der Waals surface area contributed by atoms with E-state index >= 15 is 0 Å². The number of nitrogens with zero attached hydrogens (tertiary/aromatic N) is 4. The summed E-state index contributed by atoms with van der Waals surface area (Å²) >= 11 is 0. The van der Waals surface area contributed by atoms with Gasteiger partial charge >= 0.3 is 0 Å². The van der Waals surface area contributed by atoms with Crippen molar-refractivity contribution >= 4 is 65.0 Å². The van der Waals surface area contributed by atoms with Gasteiger partial charge in [0.05, 0.1) is 0 Å². The average Bonchev–Trinajstić information content (AvgIpc) is 3.94. The molecule has 77 heavy (non-hydrogen) atoms. The molecule has 0 atom stereocenters. The Kier molecular flexibility index (Phi) is 10.5. The first-order valence-corrected chi connectivity index (χ1v) is 26.0. The minimum atomic E-state index is 0.841. The highest BCUT2D eigenvalue weighted by Crippen LogP contribution is 2.50. The summed E-state index contributed by atoms with van der Waals surface area (Å²) in [6.07, 6.45) is 15.0. The fraction of sp³-hybridized carbons (Fsp3) is 0. The van der Waals surface area contributed by atoms with E-state index in [1.54, 1.807) is 0 Å². The van der Waals surface area contributed by atoms with Crippen LogP contribution in [-0.2, 0) is 0 Å². The second kappa shape index (κ2) is 18.2. The summed E-state index contributed by atoms with van der Waals surface area (Å²) in [7, 11) is 0. The predicted octanol–water partition coefficient (Wildman–Crippen LogP) is 19.1. The van der Waals surface area contributed by atoms with Crippen LogP contribution in [0.4, 0.5) is 0 Å². The van der Waals surface area contributed by atoms with E-state index in [4.69, 9.17) is 4.42 Å². The highest BCUT2D eigenvalue weighted by atomic mass is 16.3. The fourth-order valence-electron chi connectivity index (χ4n) is 12.0. The van der Waals surface area contributed by atoms with Crippen LogP contribution in [0.5, 0.6) is 0 Å². The Hall–Kier alpha value is -10.4. The van der Waals surface area contributed by atoms with E-state index < -0.39 is 0 Å². The van der Waals surface area contributed by atoms with Crippen molar-refractivity contribution in [3.05, 3.63) is 268 Å². The van der Waals surface area contributed by atoms with Gasteiger partial charge in [-0.15, -0.1) is 0 Å². The lowest BCUT2D eigenvalue weighted by Gasteiger charge is -2.19. The van der Waals surface area contributed by atoms with E-state index in [-0.39, 0.29) is 0 Å². The normalized spacial score (nSPS) is 11.6. The summed E-state index contributed by atoms with van der Waals surface area (Å²) < 4.78 is 7.25. The summed E-state index contributed by atoms with van der Waals surface area (Å²) in [5, 5.41) is 11.5. The zero-order chi connectivity index (χ0) is 50.8. The minimum Gasteiger partial charge on any atom is -0.455 e. The van der Waals surface area contributed by atoms with E-state index in [9.17, 15) is 0 Å². The highest BCUT2D eigenvalue weighted by molar-refractivity contribution is 6.26. The molecule has 0 radical (unpaired) electrons. The van der Waals surface area contributed by atoms with Crippen LogP contribution < -0.4 is 0 Å². The van der Waals surface area contributed by atoms with Crippen molar-refractivity contribution in [2.45, 2.75) is 0 Å². The van der Waals surface area contributed by atoms with Crippen LogP contribution in [0.25, 0.3) is 154 Å². The quantitative estimate of drug-likeness (QED) is 0.142. The van der Waals surface area contributed by atoms with Crippen LogP contribution in [0, 0.1) is 0 Å². The largest absolute Gasteiger partial charge is 0.455 e. The number of furan rings is 1. The molecule has 358 valence electrons. The predicted molar refractivity (Wildman–Crippen MR) is 318 cm³/mol. The molecule has 0 spiro atoms. The van der Waals surface area contributed by atoms with Gasteiger partial charge in [-0.3, -0.25) is 19.9 Å². The molecular weight excluding hydrogens is 937 g/mol. The first-order chi connectivity index (χ1) is 38.2. The average molecular weight is 981 g/mol. The van der Waals surface area contributed by atoms with Crippen LogP contribution in [0.3, 0.4) is 0 Å². The third kappa shape index (κ3) is 7.47. The lowest BCUT2D eigenvalue weighted by Crippen LogP contribution is -1.92. The third-order valence-electron chi connectivity index (χ3n) is 15.3. The number of pyridine rings is 4. The molecule has 10 aromatic carbocycles. The monoisotopic (exact) mass is 980 g/mol. The lowest BCUT2D eigenvalue weighted by molar-refractivity contribution is 0.670. The van der Waals surface area contributed by atoms with Gasteiger partial charge in [0.1, 0.15) is 11.2 Å². The van der Waals surface area contributed by atoms with E-state index in [2.05, 4.69) is 214 Å². The van der Waals surface area contributed by atoms with Gasteiger partial charge in [0.25, 0.3) is 0 Å². The zero-order valence-corrected chi connectivity index (χ0v) is 41.6. The van der Waals surface area contributed by atoms with Crippen molar-refractivity contribution in [3.63, 3.8) is 0 Å². The maximum Gasteiger partial charge on any atom is 0.143 e. The number of benzene rings is 10. The second-order valence-corrected chi connectivity index (χ2v) is 19.7. The Bertz CT molecular complexity index is 4550. The Morgan fingerprint density at radius 1 is 0.221 bits per heavy atom. The summed E-state index contributed by atoms with van der Waals surface area (Å²) in [4.78, 5) is 18.0. The summed E-state index contributed by atoms with van der Waals surface area (Å²) in [5.41, 5.74) is 19.4. The van der Waals surface area contributed by atoms with Gasteiger partial charge in [-0.05, 0) is 172 Å². The number of hydrogen-bond acceptors (Lipinski definition) is 5. The Balaban J connectivity index is 0.920. The molecule has 0 N–H and O–H groups in total. The minimum absolute atomic E-state index is 0.841. The van der Waals surface area contributed by atoms with Gasteiger partial charge in [0.2, 0.25) is 0 Å². The Morgan fingerprint density at radius 3 is 0.922 bits per heavy atom. The van der Waals surface area contributed by atoms with Crippen LogP contribution >= 0.6 is 0 Å². The fourth-order valence-corrected chi connectivity index (χ4v) is 12.0. The van der Waals surface area contributed by atoms with Crippen molar-refractivity contribution in [1.29, 1.82) is 0 Å². The third-order valence-corrected chi connectivity index (χ3v) is 15.3. The summed E-state index contributed by atoms with van der Waals surface area (Å²) in [5.74, 6) is 0. The number of rotatable bonds is 8. The molecule has 0 unspecified atom stereocenters. The van der Waals surface area contributed by atoms with E-state index in [1.807, 2.05) is 73.8 Å². The lowest BCUT2D eigenvalue weighted by atomic mass is 9.84. The van der Waals surface area contributed by atoms with Crippen molar-refractivity contribution in [3.8, 4) is 89.0 Å². The SMILES string of the molecule is c1cncc(-c2cc(-c3cccnc3)cc(-c3c4ccccc4c(-c4ccc5c(c4)oc4c(-c6c7ccccc7c(-c7cc(-c8cccnc8)cc(-c8cccnc8)c7)c7ccccc67)cccc45)c4ccccc34)c2)c1. The molecule has 5 heterocycles. The Morgan fingerprint density at radius 2 is 0.558 bits per heavy atom. The second-order valence-electron chi connectivity index (χ2n) is 19.7. The van der Waals surface area contributed by atoms with E-state index in [1.165, 1.54) is 38.2 Å². The highest BCUT2D eigenvalue weighted by Gasteiger charge is 2.23. The van der Waals surface area contributed by atoms with Gasteiger partial charge in [0, 0.05) is 93.7 Å². The first kappa shape index (κ1) is 44.2. The maximum absolute atomic E-state index is 7.25. The van der Waals surface area contributed by atoms with Crippen molar-refractivity contribution in [1.82, 2.24) is 19.9 Å². The summed E-state index contributed by atoms with van der Waals surface area (Å²) in [6.45, 7) is 0. The molecule has 0 aliphatic carbocycles. The van der Waals surface area contributed by atoms with Crippen LogP contribution in [0.2, 0.25) is 0 Å². The number of fused-ring (bicyclic) bond motifs is 7. The molecule has 0 fully saturated rings. The number of aromatic nitrogens is 4. The molecule has 0 bridgehead atoms. The molecular formula is C72H44N4O. The number of hydrogen-bond donors (Lipinski definition) is 0. The van der Waals surface area contributed by atoms with Gasteiger partial charge in [-0.2, -0.15) is 0 Å². The van der Waals surface area contributed by atoms with Crippen LogP contribution in [-0.4, -0.2) is 19.9 Å². The topological polar surface area (TPSA) is 64.7 Å². The van der Waals surface area contributed by atoms with Gasteiger partial charge in [0.15, 0.2) is 0 Å². The standard InChI is InChI=1S/C72H44N4O/c1-3-20-59-57(18-1)68(58-19-2-4-21-60(58)69(59)54-36-50(46-14-10-30-73-41-46)34-51(37-54)47-15-11-31-74-42-47)45-28-29-56-65-26-9-27-66(72(65)77-67(56)40-45)71-63-24-7-5-22-61(63)70(62-23-6-8-25-64(62)71)55-38-52(48-16-12-32-75-43-48)35-53(39-55)49-17-13-33-76-44-49/h1-44H.